The quantitative estimate of drug-likeness (QED) is 0.906. The molecule has 2 nitrogen and oxygen atoms in total. The van der Waals surface area contributed by atoms with Crippen LogP contribution in [0.5, 0.6) is 0 Å². The molecule has 0 amide bonds. The van der Waals surface area contributed by atoms with E-state index in [0.717, 1.165) is 21.5 Å². The third kappa shape index (κ3) is 3.57. The summed E-state index contributed by atoms with van der Waals surface area (Å²) in [7, 11) is 0. The first-order chi connectivity index (χ1) is 8.69. The molecule has 0 bridgehead atoms. The first kappa shape index (κ1) is 13.6. The van der Waals surface area contributed by atoms with Crippen molar-refractivity contribution < 1.29 is 0 Å². The van der Waals surface area contributed by atoms with E-state index in [1.54, 1.807) is 11.8 Å². The Morgan fingerprint density at radius 3 is 2.39 bits per heavy atom. The van der Waals surface area contributed by atoms with E-state index in [0.29, 0.717) is 0 Å². The summed E-state index contributed by atoms with van der Waals surface area (Å²) in [5.41, 5.74) is 6.90. The van der Waals surface area contributed by atoms with Crippen LogP contribution in [0.1, 0.15) is 25.1 Å². The van der Waals surface area contributed by atoms with Crippen molar-refractivity contribution in [1.29, 1.82) is 0 Å². The maximum Gasteiger partial charge on any atom is 0.0571 e. The van der Waals surface area contributed by atoms with Crippen molar-refractivity contribution in [3.05, 3.63) is 52.8 Å². The number of pyridine rings is 1. The Morgan fingerprint density at radius 2 is 1.83 bits per heavy atom. The van der Waals surface area contributed by atoms with Crippen molar-refractivity contribution in [3.63, 3.8) is 0 Å². The van der Waals surface area contributed by atoms with Crippen molar-refractivity contribution in [1.82, 2.24) is 4.98 Å². The lowest BCUT2D eigenvalue weighted by Crippen LogP contribution is -2.10. The molecule has 0 aliphatic heterocycles. The van der Waals surface area contributed by atoms with Crippen molar-refractivity contribution in [2.75, 3.05) is 0 Å². The van der Waals surface area contributed by atoms with Crippen LogP contribution < -0.4 is 5.73 Å². The molecule has 18 heavy (non-hydrogen) atoms. The van der Waals surface area contributed by atoms with E-state index >= 15 is 0 Å². The summed E-state index contributed by atoms with van der Waals surface area (Å²) in [6.07, 6.45) is 2.80. The first-order valence-corrected chi connectivity index (χ1v) is 7.45. The minimum absolute atomic E-state index is 0.0386. The molecule has 2 N–H and O–H groups in total. The fourth-order valence-electron chi connectivity index (χ4n) is 1.52. The van der Waals surface area contributed by atoms with Gasteiger partial charge in [0.05, 0.1) is 5.69 Å². The normalized spacial score (nSPS) is 12.4. The van der Waals surface area contributed by atoms with Crippen LogP contribution in [0.4, 0.5) is 0 Å². The van der Waals surface area contributed by atoms with Crippen molar-refractivity contribution in [2.45, 2.75) is 29.2 Å². The molecule has 0 saturated carbocycles. The van der Waals surface area contributed by atoms with Gasteiger partial charge in [-0.3, -0.25) is 4.98 Å². The molecule has 0 aliphatic carbocycles. The predicted molar refractivity (Wildman–Crippen MR) is 79.7 cm³/mol. The molecule has 94 valence electrons. The van der Waals surface area contributed by atoms with E-state index in [1.165, 1.54) is 4.90 Å². The summed E-state index contributed by atoms with van der Waals surface area (Å²) >= 11 is 5.13. The summed E-state index contributed by atoms with van der Waals surface area (Å²) in [6, 6.07) is 12.4. The molecule has 2 aromatic rings. The summed E-state index contributed by atoms with van der Waals surface area (Å²) in [4.78, 5) is 6.74. The molecule has 0 aliphatic rings. The van der Waals surface area contributed by atoms with Gasteiger partial charge in [-0.1, -0.05) is 34.6 Å². The lowest BCUT2D eigenvalue weighted by molar-refractivity contribution is 0.674. The number of hydrogen-bond acceptors (Lipinski definition) is 3. The highest BCUT2D eigenvalue weighted by Gasteiger charge is 2.05. The Bertz CT molecular complexity index is 496. The zero-order chi connectivity index (χ0) is 13.0. The lowest BCUT2D eigenvalue weighted by atomic mass is 10.1. The fourth-order valence-corrected chi connectivity index (χ4v) is 2.57. The minimum atomic E-state index is 0.0386. The Balaban J connectivity index is 2.08. The second-order valence-corrected chi connectivity index (χ2v) is 6.05. The average Bonchev–Trinajstić information content (AvgIpc) is 2.41. The smallest absolute Gasteiger partial charge is 0.0571 e. The number of halogens is 1. The SMILES string of the molecule is CCC(N)c1ccc(Sc2ccc(Br)cc2)cn1. The highest BCUT2D eigenvalue weighted by Crippen LogP contribution is 2.28. The van der Waals surface area contributed by atoms with Crippen molar-refractivity contribution in [3.8, 4) is 0 Å². The topological polar surface area (TPSA) is 38.9 Å². The largest absolute Gasteiger partial charge is 0.323 e. The maximum absolute atomic E-state index is 5.94. The highest BCUT2D eigenvalue weighted by atomic mass is 79.9. The Labute approximate surface area is 120 Å². The lowest BCUT2D eigenvalue weighted by Gasteiger charge is -2.08. The van der Waals surface area contributed by atoms with Crippen LogP contribution >= 0.6 is 27.7 Å². The zero-order valence-corrected chi connectivity index (χ0v) is 12.5. The zero-order valence-electron chi connectivity index (χ0n) is 10.1. The van der Waals surface area contributed by atoms with Gasteiger partial charge < -0.3 is 5.73 Å². The third-order valence-electron chi connectivity index (χ3n) is 2.63. The number of hydrogen-bond donors (Lipinski definition) is 1. The molecule has 1 unspecified atom stereocenters. The van der Waals surface area contributed by atoms with Crippen LogP contribution in [0.3, 0.4) is 0 Å². The monoisotopic (exact) mass is 322 g/mol. The van der Waals surface area contributed by atoms with E-state index in [1.807, 2.05) is 24.4 Å². The Hall–Kier alpha value is -0.840. The van der Waals surface area contributed by atoms with Crippen LogP contribution in [-0.4, -0.2) is 4.98 Å². The Morgan fingerprint density at radius 1 is 1.17 bits per heavy atom. The van der Waals surface area contributed by atoms with Gasteiger partial charge in [0.2, 0.25) is 0 Å². The van der Waals surface area contributed by atoms with Gasteiger partial charge in [-0.15, -0.1) is 0 Å². The molecule has 1 heterocycles. The van der Waals surface area contributed by atoms with Gasteiger partial charge in [0.1, 0.15) is 0 Å². The van der Waals surface area contributed by atoms with Gasteiger partial charge in [0.15, 0.2) is 0 Å². The molecule has 1 atom stereocenters. The fraction of sp³-hybridized carbons (Fsp3) is 0.214. The van der Waals surface area contributed by atoms with Crippen molar-refractivity contribution >= 4 is 27.7 Å². The van der Waals surface area contributed by atoms with Crippen LogP contribution in [-0.2, 0) is 0 Å². The van der Waals surface area contributed by atoms with Crippen LogP contribution in [0.2, 0.25) is 0 Å². The molecule has 1 aromatic heterocycles. The van der Waals surface area contributed by atoms with E-state index in [4.69, 9.17) is 5.73 Å². The van der Waals surface area contributed by atoms with Gasteiger partial charge in [-0.05, 0) is 42.8 Å². The number of nitrogens with two attached hydrogens (primary N) is 1. The van der Waals surface area contributed by atoms with Gasteiger partial charge in [0.25, 0.3) is 0 Å². The molecule has 0 radical (unpaired) electrons. The molecule has 4 heteroatoms. The molecule has 0 fully saturated rings. The van der Waals surface area contributed by atoms with Gasteiger partial charge in [-0.2, -0.15) is 0 Å². The van der Waals surface area contributed by atoms with E-state index in [-0.39, 0.29) is 6.04 Å². The van der Waals surface area contributed by atoms with Gasteiger partial charge in [-0.25, -0.2) is 0 Å². The molecule has 0 spiro atoms. The second kappa shape index (κ2) is 6.36. The van der Waals surface area contributed by atoms with Crippen LogP contribution in [0.25, 0.3) is 0 Å². The first-order valence-electron chi connectivity index (χ1n) is 5.84. The standard InChI is InChI=1S/C14H15BrN2S/c1-2-13(16)14-8-7-12(9-17-14)18-11-5-3-10(15)4-6-11/h3-9,13H,2,16H2,1H3. The van der Waals surface area contributed by atoms with E-state index in [2.05, 4.69) is 46.0 Å². The number of benzene rings is 1. The van der Waals surface area contributed by atoms with Crippen LogP contribution in [0.15, 0.2) is 56.9 Å². The summed E-state index contributed by atoms with van der Waals surface area (Å²) in [5.74, 6) is 0. The van der Waals surface area contributed by atoms with E-state index < -0.39 is 0 Å². The van der Waals surface area contributed by atoms with Crippen LogP contribution in [0, 0.1) is 0 Å². The van der Waals surface area contributed by atoms with E-state index in [9.17, 15) is 0 Å². The number of aromatic nitrogens is 1. The second-order valence-electron chi connectivity index (χ2n) is 3.99. The predicted octanol–water partition coefficient (Wildman–Crippen LogP) is 4.41. The maximum atomic E-state index is 5.94. The highest BCUT2D eigenvalue weighted by molar-refractivity contribution is 9.10. The molecular formula is C14H15BrN2S. The molecular weight excluding hydrogens is 308 g/mol. The molecule has 2 rings (SSSR count). The van der Waals surface area contributed by atoms with Gasteiger partial charge >= 0.3 is 0 Å². The summed E-state index contributed by atoms with van der Waals surface area (Å²) < 4.78 is 1.09. The molecule has 0 saturated heterocycles. The number of rotatable bonds is 4. The molecule has 1 aromatic carbocycles. The third-order valence-corrected chi connectivity index (χ3v) is 4.14. The Kier molecular flexibility index (Phi) is 4.80. The summed E-state index contributed by atoms with van der Waals surface area (Å²) in [6.45, 7) is 2.07. The van der Waals surface area contributed by atoms with Crippen molar-refractivity contribution in [2.24, 2.45) is 5.73 Å². The average molecular weight is 323 g/mol. The van der Waals surface area contributed by atoms with Gasteiger partial charge in [0, 0.05) is 26.5 Å². The minimum Gasteiger partial charge on any atom is -0.323 e. The number of nitrogens with zero attached hydrogens (tertiary/aromatic N) is 1. The summed E-state index contributed by atoms with van der Waals surface area (Å²) in [5, 5.41) is 0.